The molecule has 3 nitrogen and oxygen atoms in total. The molecule has 1 aliphatic heterocycles. The highest BCUT2D eigenvalue weighted by Crippen LogP contribution is 2.50. The van der Waals surface area contributed by atoms with Crippen molar-refractivity contribution in [2.75, 3.05) is 18.1 Å². The molecule has 0 spiro atoms. The van der Waals surface area contributed by atoms with Crippen LogP contribution in [0.15, 0.2) is 47.7 Å². The summed E-state index contributed by atoms with van der Waals surface area (Å²) in [4.78, 5) is 15.0. The van der Waals surface area contributed by atoms with Crippen molar-refractivity contribution in [1.82, 2.24) is 0 Å². The number of aliphatic hydroxyl groups excluding tert-OH is 1. The zero-order chi connectivity index (χ0) is 18.5. The van der Waals surface area contributed by atoms with Crippen LogP contribution in [0.2, 0.25) is 0 Å². The first-order valence-electron chi connectivity index (χ1n) is 9.73. The third-order valence-electron chi connectivity index (χ3n) is 6.16. The number of nitrogens with zero attached hydrogens (tertiary/aromatic N) is 1. The molecule has 0 radical (unpaired) electrons. The minimum Gasteiger partial charge on any atom is -0.395 e. The predicted octanol–water partition coefficient (Wildman–Crippen LogP) is 3.88. The van der Waals surface area contributed by atoms with E-state index in [1.807, 2.05) is 6.07 Å². The fraction of sp³-hybridized carbons (Fsp3) is 0.348. The molecule has 2 aliphatic carbocycles. The van der Waals surface area contributed by atoms with Crippen LogP contribution in [0.3, 0.4) is 0 Å². The molecule has 0 fully saturated rings. The molecule has 0 saturated heterocycles. The van der Waals surface area contributed by atoms with Gasteiger partial charge in [-0.2, -0.15) is 0 Å². The van der Waals surface area contributed by atoms with E-state index in [0.717, 1.165) is 47.3 Å². The minimum absolute atomic E-state index is 0.0339. The number of carbonyl (C=O) groups excluding carboxylic acids is 1. The molecule has 0 saturated carbocycles. The fourth-order valence-corrected chi connectivity index (χ4v) is 5.05. The summed E-state index contributed by atoms with van der Waals surface area (Å²) in [6.45, 7) is 0.514. The number of aryl methyl sites for hydroxylation is 2. The number of anilines is 1. The van der Waals surface area contributed by atoms with Crippen LogP contribution in [0.1, 0.15) is 47.4 Å². The van der Waals surface area contributed by atoms with Crippen molar-refractivity contribution in [1.29, 1.82) is 0 Å². The van der Waals surface area contributed by atoms with Gasteiger partial charge in [0, 0.05) is 35.8 Å². The van der Waals surface area contributed by atoms with E-state index in [9.17, 15) is 14.3 Å². The van der Waals surface area contributed by atoms with Crippen molar-refractivity contribution in [3.05, 3.63) is 75.7 Å². The summed E-state index contributed by atoms with van der Waals surface area (Å²) in [7, 11) is 0. The van der Waals surface area contributed by atoms with Gasteiger partial charge in [0.05, 0.1) is 6.61 Å². The second kappa shape index (κ2) is 6.31. The highest BCUT2D eigenvalue weighted by Gasteiger charge is 2.40. The Kier molecular flexibility index (Phi) is 3.90. The lowest BCUT2D eigenvalue weighted by Gasteiger charge is -2.37. The lowest BCUT2D eigenvalue weighted by atomic mass is 9.79. The molecule has 0 amide bonds. The monoisotopic (exact) mass is 363 g/mol. The molecule has 3 aliphatic rings. The number of Topliss-reactive ketones (excluding diaryl/α,β-unsaturated/α-hetero) is 1. The van der Waals surface area contributed by atoms with Crippen LogP contribution in [0.5, 0.6) is 0 Å². The molecule has 0 aromatic heterocycles. The van der Waals surface area contributed by atoms with E-state index < -0.39 is 0 Å². The Balaban J connectivity index is 1.77. The van der Waals surface area contributed by atoms with Crippen molar-refractivity contribution >= 4 is 11.5 Å². The first-order chi connectivity index (χ1) is 13.2. The summed E-state index contributed by atoms with van der Waals surface area (Å²) < 4.78 is 14.0. The molecule has 1 unspecified atom stereocenters. The molecule has 1 atom stereocenters. The molecule has 138 valence electrons. The maximum atomic E-state index is 14.0. The van der Waals surface area contributed by atoms with E-state index in [1.165, 1.54) is 17.2 Å². The summed E-state index contributed by atoms with van der Waals surface area (Å²) in [5.74, 6) is -0.351. The second-order valence-corrected chi connectivity index (χ2v) is 7.68. The summed E-state index contributed by atoms with van der Waals surface area (Å²) in [6, 6.07) is 11.1. The largest absolute Gasteiger partial charge is 0.395 e. The maximum absolute atomic E-state index is 14.0. The van der Waals surface area contributed by atoms with Crippen LogP contribution in [-0.2, 0) is 17.6 Å². The number of fused-ring (bicyclic) bond motifs is 2. The molecule has 0 bridgehead atoms. The van der Waals surface area contributed by atoms with Crippen LogP contribution in [-0.4, -0.2) is 24.0 Å². The van der Waals surface area contributed by atoms with Gasteiger partial charge >= 0.3 is 0 Å². The van der Waals surface area contributed by atoms with Crippen LogP contribution < -0.4 is 4.90 Å². The van der Waals surface area contributed by atoms with Crippen molar-refractivity contribution in [3.63, 3.8) is 0 Å². The van der Waals surface area contributed by atoms with Crippen molar-refractivity contribution in [3.8, 4) is 0 Å². The zero-order valence-electron chi connectivity index (χ0n) is 15.2. The van der Waals surface area contributed by atoms with Crippen LogP contribution in [0, 0.1) is 5.82 Å². The Hall–Kier alpha value is -2.46. The SMILES string of the molecule is O=C1CCC2=C1C(c1cccc(F)c1)c1cc3c(cc1N2CCO)CCC3. The average molecular weight is 363 g/mol. The Morgan fingerprint density at radius 3 is 2.67 bits per heavy atom. The number of halogens is 1. The van der Waals surface area contributed by atoms with Gasteiger partial charge in [-0.15, -0.1) is 0 Å². The number of hydrogen-bond donors (Lipinski definition) is 1. The quantitative estimate of drug-likeness (QED) is 0.900. The fourth-order valence-electron chi connectivity index (χ4n) is 5.05. The zero-order valence-corrected chi connectivity index (χ0v) is 15.2. The Bertz CT molecular complexity index is 978. The number of benzene rings is 2. The highest BCUT2D eigenvalue weighted by molar-refractivity contribution is 6.03. The number of carbonyl (C=O) groups is 1. The van der Waals surface area contributed by atoms with Crippen LogP contribution >= 0.6 is 0 Å². The molecule has 27 heavy (non-hydrogen) atoms. The Labute approximate surface area is 158 Å². The number of allylic oxidation sites excluding steroid dienone is 2. The topological polar surface area (TPSA) is 40.5 Å². The first-order valence-corrected chi connectivity index (χ1v) is 9.73. The first kappa shape index (κ1) is 16.7. The lowest BCUT2D eigenvalue weighted by molar-refractivity contribution is -0.115. The van der Waals surface area contributed by atoms with Gasteiger partial charge in [0.15, 0.2) is 5.78 Å². The van der Waals surface area contributed by atoms with Gasteiger partial charge in [0.1, 0.15) is 5.82 Å². The van der Waals surface area contributed by atoms with Gasteiger partial charge in [-0.05, 0) is 66.1 Å². The van der Waals surface area contributed by atoms with Crippen molar-refractivity contribution in [2.24, 2.45) is 0 Å². The number of ketones is 1. The summed E-state index contributed by atoms with van der Waals surface area (Å²) in [6.07, 6.45) is 4.46. The van der Waals surface area contributed by atoms with E-state index in [1.54, 1.807) is 12.1 Å². The van der Waals surface area contributed by atoms with Crippen LogP contribution in [0.25, 0.3) is 0 Å². The van der Waals surface area contributed by atoms with Crippen molar-refractivity contribution in [2.45, 2.75) is 38.0 Å². The highest BCUT2D eigenvalue weighted by atomic mass is 19.1. The molecule has 1 heterocycles. The van der Waals surface area contributed by atoms with E-state index in [0.29, 0.717) is 19.4 Å². The molecule has 4 heteroatoms. The number of β-amino-alcohol motifs (C(OH)–C–C–N with tert-alkyl or cyclic N) is 1. The maximum Gasteiger partial charge on any atom is 0.161 e. The van der Waals surface area contributed by atoms with E-state index in [4.69, 9.17) is 0 Å². The normalized spacial score (nSPS) is 20.7. The summed E-state index contributed by atoms with van der Waals surface area (Å²) >= 11 is 0. The van der Waals surface area contributed by atoms with Gasteiger partial charge in [-0.25, -0.2) is 4.39 Å². The molecular formula is C23H22FNO2. The smallest absolute Gasteiger partial charge is 0.161 e. The number of aliphatic hydroxyl groups is 1. The van der Waals surface area contributed by atoms with Gasteiger partial charge in [0.2, 0.25) is 0 Å². The number of hydrogen-bond acceptors (Lipinski definition) is 3. The lowest BCUT2D eigenvalue weighted by Crippen LogP contribution is -2.32. The molecule has 2 aromatic carbocycles. The molecule has 1 N–H and O–H groups in total. The molecule has 2 aromatic rings. The minimum atomic E-state index is -0.277. The Morgan fingerprint density at radius 2 is 1.89 bits per heavy atom. The summed E-state index contributed by atoms with van der Waals surface area (Å²) in [5, 5.41) is 9.64. The average Bonchev–Trinajstić information content (AvgIpc) is 3.27. The summed E-state index contributed by atoms with van der Waals surface area (Å²) in [5.41, 5.74) is 7.49. The van der Waals surface area contributed by atoms with Gasteiger partial charge in [0.25, 0.3) is 0 Å². The number of rotatable bonds is 3. The third kappa shape index (κ3) is 2.54. The van der Waals surface area contributed by atoms with Gasteiger partial charge in [-0.1, -0.05) is 18.2 Å². The standard InChI is InChI=1S/C23H22FNO2/c24-17-6-2-5-16(11-17)22-18-12-14-3-1-4-15(14)13-20(18)25(9-10-26)19-7-8-21(27)23(19)22/h2,5-6,11-13,22,26H,1,3-4,7-10H2. The van der Waals surface area contributed by atoms with Crippen molar-refractivity contribution < 1.29 is 14.3 Å². The van der Waals surface area contributed by atoms with E-state index >= 15 is 0 Å². The van der Waals surface area contributed by atoms with Crippen LogP contribution in [0.4, 0.5) is 10.1 Å². The Morgan fingerprint density at radius 1 is 1.07 bits per heavy atom. The predicted molar refractivity (Wildman–Crippen MR) is 102 cm³/mol. The van der Waals surface area contributed by atoms with E-state index in [2.05, 4.69) is 17.0 Å². The van der Waals surface area contributed by atoms with Gasteiger partial charge in [-0.3, -0.25) is 4.79 Å². The van der Waals surface area contributed by atoms with E-state index in [-0.39, 0.29) is 24.1 Å². The second-order valence-electron chi connectivity index (χ2n) is 7.68. The third-order valence-corrected chi connectivity index (χ3v) is 6.16. The molecule has 5 rings (SSSR count). The molecular weight excluding hydrogens is 341 g/mol. The van der Waals surface area contributed by atoms with Gasteiger partial charge < -0.3 is 10.0 Å².